The number of methoxy groups -OCH3 is 1. The molecule has 0 aliphatic carbocycles. The summed E-state index contributed by atoms with van der Waals surface area (Å²) in [6, 6.07) is 3.44. The smallest absolute Gasteiger partial charge is 0.341 e. The van der Waals surface area contributed by atoms with E-state index in [-0.39, 0.29) is 5.91 Å². The van der Waals surface area contributed by atoms with Gasteiger partial charge in [0.05, 0.1) is 19.3 Å². The highest BCUT2D eigenvalue weighted by molar-refractivity contribution is 7.17. The van der Waals surface area contributed by atoms with Gasteiger partial charge in [-0.3, -0.25) is 4.79 Å². The summed E-state index contributed by atoms with van der Waals surface area (Å²) in [7, 11) is 1.51. The zero-order valence-corrected chi connectivity index (χ0v) is 13.5. The van der Waals surface area contributed by atoms with Crippen LogP contribution in [-0.4, -0.2) is 25.6 Å². The van der Waals surface area contributed by atoms with E-state index in [2.05, 4.69) is 5.32 Å². The van der Waals surface area contributed by atoms with E-state index in [4.69, 9.17) is 9.47 Å². The molecule has 21 heavy (non-hydrogen) atoms. The molecular weight excluding hydrogens is 310 g/mol. The molecule has 2 aromatic rings. The second kappa shape index (κ2) is 6.73. The van der Waals surface area contributed by atoms with Crippen LogP contribution in [0.4, 0.5) is 5.00 Å². The molecule has 7 heteroatoms. The van der Waals surface area contributed by atoms with Gasteiger partial charge < -0.3 is 14.8 Å². The average Bonchev–Trinajstić information content (AvgIpc) is 3.05. The van der Waals surface area contributed by atoms with Crippen LogP contribution in [0.3, 0.4) is 0 Å². The molecule has 0 aliphatic rings. The van der Waals surface area contributed by atoms with Crippen molar-refractivity contribution in [3.05, 3.63) is 32.8 Å². The third kappa shape index (κ3) is 3.43. The van der Waals surface area contributed by atoms with Crippen LogP contribution in [0.25, 0.3) is 0 Å². The molecule has 2 rings (SSSR count). The lowest BCUT2D eigenvalue weighted by atomic mass is 10.3. The number of nitrogens with one attached hydrogen (secondary N) is 1. The fraction of sp³-hybridized carbons (Fsp3) is 0.286. The largest absolute Gasteiger partial charge is 0.495 e. The van der Waals surface area contributed by atoms with Gasteiger partial charge in [-0.25, -0.2) is 4.79 Å². The van der Waals surface area contributed by atoms with Gasteiger partial charge in [-0.15, -0.1) is 22.7 Å². The summed E-state index contributed by atoms with van der Waals surface area (Å²) in [5.74, 6) is -0.215. The van der Waals surface area contributed by atoms with E-state index < -0.39 is 5.97 Å². The highest BCUT2D eigenvalue weighted by Crippen LogP contribution is 2.31. The Kier molecular flexibility index (Phi) is 4.98. The van der Waals surface area contributed by atoms with Gasteiger partial charge in [0, 0.05) is 4.88 Å². The molecule has 0 spiro atoms. The Morgan fingerprint density at radius 3 is 2.81 bits per heavy atom. The fourth-order valence-corrected chi connectivity index (χ4v) is 3.40. The fourth-order valence-electron chi connectivity index (χ4n) is 1.75. The summed E-state index contributed by atoms with van der Waals surface area (Å²) in [5.41, 5.74) is 0.378. The quantitative estimate of drug-likeness (QED) is 0.854. The Morgan fingerprint density at radius 1 is 1.38 bits per heavy atom. The monoisotopic (exact) mass is 325 g/mol. The minimum absolute atomic E-state index is 0.292. The predicted molar refractivity (Wildman–Crippen MR) is 83.8 cm³/mol. The highest BCUT2D eigenvalue weighted by atomic mass is 32.1. The van der Waals surface area contributed by atoms with Crippen molar-refractivity contribution in [1.29, 1.82) is 0 Å². The van der Waals surface area contributed by atoms with Crippen molar-refractivity contribution in [3.8, 4) is 5.75 Å². The van der Waals surface area contributed by atoms with E-state index in [1.54, 1.807) is 24.4 Å². The first-order valence-electron chi connectivity index (χ1n) is 6.27. The van der Waals surface area contributed by atoms with Gasteiger partial charge in [-0.05, 0) is 31.4 Å². The van der Waals surface area contributed by atoms with E-state index in [9.17, 15) is 9.59 Å². The van der Waals surface area contributed by atoms with E-state index in [0.29, 0.717) is 27.8 Å². The maximum atomic E-state index is 12.3. The Morgan fingerprint density at radius 2 is 2.14 bits per heavy atom. The average molecular weight is 325 g/mol. The minimum atomic E-state index is -0.435. The summed E-state index contributed by atoms with van der Waals surface area (Å²) in [5, 5.41) is 5.03. The van der Waals surface area contributed by atoms with Gasteiger partial charge in [0.25, 0.3) is 5.91 Å². The number of esters is 1. The Labute approximate surface area is 130 Å². The van der Waals surface area contributed by atoms with E-state index in [1.807, 2.05) is 6.92 Å². The summed E-state index contributed by atoms with van der Waals surface area (Å²) < 4.78 is 10.1. The van der Waals surface area contributed by atoms with Crippen LogP contribution >= 0.6 is 22.7 Å². The molecule has 0 radical (unpaired) electrons. The molecule has 0 atom stereocenters. The number of thiophene rings is 2. The number of carbonyl (C=O) groups excluding carboxylic acids is 2. The third-order valence-electron chi connectivity index (χ3n) is 2.63. The summed E-state index contributed by atoms with van der Waals surface area (Å²) >= 11 is 2.62. The molecule has 2 aromatic heterocycles. The first-order valence-corrected chi connectivity index (χ1v) is 7.96. The molecule has 1 amide bonds. The summed E-state index contributed by atoms with van der Waals surface area (Å²) in [6.07, 6.45) is 0. The lowest BCUT2D eigenvalue weighted by Crippen LogP contribution is -2.13. The predicted octanol–water partition coefficient (Wildman–Crippen LogP) is 3.56. The van der Waals surface area contributed by atoms with Crippen LogP contribution in [0, 0.1) is 6.92 Å². The zero-order valence-electron chi connectivity index (χ0n) is 11.9. The first-order chi connectivity index (χ1) is 10.1. The molecular formula is C14H15NO4S2. The van der Waals surface area contributed by atoms with Crippen molar-refractivity contribution in [2.75, 3.05) is 19.0 Å². The number of hydrogen-bond donors (Lipinski definition) is 1. The molecule has 0 saturated carbocycles. The topological polar surface area (TPSA) is 64.6 Å². The van der Waals surface area contributed by atoms with Crippen molar-refractivity contribution in [3.63, 3.8) is 0 Å². The number of hydrogen-bond acceptors (Lipinski definition) is 6. The normalized spacial score (nSPS) is 10.2. The minimum Gasteiger partial charge on any atom is -0.495 e. The SMILES string of the molecule is CCOC(=O)c1cc(C)sc1NC(=O)c1sccc1OC. The van der Waals surface area contributed by atoms with Crippen molar-refractivity contribution in [2.45, 2.75) is 13.8 Å². The number of rotatable bonds is 5. The molecule has 0 unspecified atom stereocenters. The zero-order chi connectivity index (χ0) is 15.4. The van der Waals surface area contributed by atoms with Gasteiger partial charge in [-0.2, -0.15) is 0 Å². The summed E-state index contributed by atoms with van der Waals surface area (Å²) in [6.45, 7) is 3.90. The Balaban J connectivity index is 2.23. The van der Waals surface area contributed by atoms with Gasteiger partial charge in [-0.1, -0.05) is 0 Å². The second-order valence-electron chi connectivity index (χ2n) is 4.09. The van der Waals surface area contributed by atoms with Crippen molar-refractivity contribution >= 4 is 39.6 Å². The van der Waals surface area contributed by atoms with Gasteiger partial charge in [0.2, 0.25) is 0 Å². The molecule has 0 saturated heterocycles. The van der Waals surface area contributed by atoms with Crippen LogP contribution in [0.2, 0.25) is 0 Å². The number of aryl methyl sites for hydroxylation is 1. The lowest BCUT2D eigenvalue weighted by molar-refractivity contribution is 0.0528. The van der Waals surface area contributed by atoms with Crippen LogP contribution < -0.4 is 10.1 Å². The van der Waals surface area contributed by atoms with E-state index >= 15 is 0 Å². The molecule has 2 heterocycles. The number of amides is 1. The molecule has 0 aromatic carbocycles. The maximum absolute atomic E-state index is 12.3. The number of carbonyl (C=O) groups is 2. The molecule has 0 aliphatic heterocycles. The van der Waals surface area contributed by atoms with Crippen molar-refractivity contribution < 1.29 is 19.1 Å². The Hall–Kier alpha value is -1.86. The van der Waals surface area contributed by atoms with Crippen molar-refractivity contribution in [1.82, 2.24) is 0 Å². The third-order valence-corrected chi connectivity index (χ3v) is 4.49. The maximum Gasteiger partial charge on any atom is 0.341 e. The Bertz CT molecular complexity index is 660. The first kappa shape index (κ1) is 15.5. The van der Waals surface area contributed by atoms with Crippen LogP contribution in [0.5, 0.6) is 5.75 Å². The lowest BCUT2D eigenvalue weighted by Gasteiger charge is -2.06. The number of ether oxygens (including phenoxy) is 2. The molecule has 5 nitrogen and oxygen atoms in total. The summed E-state index contributed by atoms with van der Waals surface area (Å²) in [4.78, 5) is 25.5. The van der Waals surface area contributed by atoms with Crippen LogP contribution in [-0.2, 0) is 4.74 Å². The molecule has 112 valence electrons. The molecule has 0 fully saturated rings. The number of anilines is 1. The van der Waals surface area contributed by atoms with Gasteiger partial charge in [0.15, 0.2) is 0 Å². The van der Waals surface area contributed by atoms with E-state index in [1.165, 1.54) is 29.8 Å². The van der Waals surface area contributed by atoms with Crippen molar-refractivity contribution in [2.24, 2.45) is 0 Å². The van der Waals surface area contributed by atoms with Gasteiger partial charge in [0.1, 0.15) is 15.6 Å². The molecule has 0 bridgehead atoms. The van der Waals surface area contributed by atoms with Crippen LogP contribution in [0.15, 0.2) is 17.5 Å². The second-order valence-corrected chi connectivity index (χ2v) is 6.26. The van der Waals surface area contributed by atoms with Gasteiger partial charge >= 0.3 is 5.97 Å². The standard InChI is InChI=1S/C14H15NO4S2/c1-4-19-14(17)9-7-8(2)21-13(9)15-12(16)11-10(18-3)5-6-20-11/h5-7H,4H2,1-3H3,(H,15,16). The van der Waals surface area contributed by atoms with E-state index in [0.717, 1.165) is 4.88 Å². The van der Waals surface area contributed by atoms with Crippen LogP contribution in [0.1, 0.15) is 31.8 Å². The highest BCUT2D eigenvalue weighted by Gasteiger charge is 2.20. The molecule has 1 N–H and O–H groups in total.